The first kappa shape index (κ1) is 15.2. The Morgan fingerprint density at radius 1 is 1.11 bits per heavy atom. The van der Waals surface area contributed by atoms with Gasteiger partial charge in [-0.3, -0.25) is 0 Å². The van der Waals surface area contributed by atoms with Gasteiger partial charge in [0.25, 0.3) is 0 Å². The fourth-order valence-electron chi connectivity index (χ4n) is 1.71. The van der Waals surface area contributed by atoms with Gasteiger partial charge >= 0.3 is 0 Å². The first-order valence-electron chi connectivity index (χ1n) is 6.80. The van der Waals surface area contributed by atoms with Crippen molar-refractivity contribution in [2.75, 3.05) is 13.2 Å². The molecule has 0 unspecified atom stereocenters. The summed E-state index contributed by atoms with van der Waals surface area (Å²) in [6, 6.07) is 9.25. The lowest BCUT2D eigenvalue weighted by atomic mass is 9.87. The fraction of sp³-hybridized carbons (Fsp3) is 0.625. The summed E-state index contributed by atoms with van der Waals surface area (Å²) in [5.74, 6) is 0. The van der Waals surface area contributed by atoms with Crippen LogP contribution < -0.4 is 5.32 Å². The average molecular weight is 249 g/mol. The van der Waals surface area contributed by atoms with E-state index in [4.69, 9.17) is 4.74 Å². The molecule has 0 amide bonds. The van der Waals surface area contributed by atoms with Gasteiger partial charge in [0.1, 0.15) is 0 Å². The number of rotatable bonds is 6. The Kier molecular flexibility index (Phi) is 5.83. The number of benzene rings is 1. The molecule has 0 aliphatic rings. The highest BCUT2D eigenvalue weighted by molar-refractivity contribution is 5.27. The summed E-state index contributed by atoms with van der Waals surface area (Å²) in [6.07, 6.45) is 0. The Balaban J connectivity index is 2.31. The van der Waals surface area contributed by atoms with Crippen LogP contribution in [0.3, 0.4) is 0 Å². The van der Waals surface area contributed by atoms with Crippen molar-refractivity contribution < 1.29 is 4.74 Å². The summed E-state index contributed by atoms with van der Waals surface area (Å²) in [5, 5.41) is 3.34. The zero-order valence-electron chi connectivity index (χ0n) is 12.4. The van der Waals surface area contributed by atoms with Gasteiger partial charge in [-0.15, -0.1) is 0 Å². The molecule has 0 aliphatic heterocycles. The van der Waals surface area contributed by atoms with Crippen LogP contribution in [0.25, 0.3) is 0 Å². The predicted octanol–water partition coefficient (Wildman–Crippen LogP) is 3.50. The SMILES string of the molecule is CC(C)NCCOCc1ccc(C(C)(C)C)cc1. The molecule has 0 heterocycles. The molecule has 2 heteroatoms. The van der Waals surface area contributed by atoms with Gasteiger partial charge in [-0.25, -0.2) is 0 Å². The molecule has 102 valence electrons. The third-order valence-corrected chi connectivity index (χ3v) is 2.89. The van der Waals surface area contributed by atoms with Gasteiger partial charge in [-0.1, -0.05) is 58.9 Å². The van der Waals surface area contributed by atoms with Crippen LogP contribution in [0.1, 0.15) is 45.7 Å². The molecule has 18 heavy (non-hydrogen) atoms. The molecule has 0 saturated carbocycles. The van der Waals surface area contributed by atoms with Crippen LogP contribution in [0.2, 0.25) is 0 Å². The first-order chi connectivity index (χ1) is 8.39. The number of hydrogen-bond acceptors (Lipinski definition) is 2. The normalized spacial score (nSPS) is 12.1. The zero-order chi connectivity index (χ0) is 13.6. The largest absolute Gasteiger partial charge is 0.375 e. The molecule has 0 aromatic heterocycles. The van der Waals surface area contributed by atoms with Crippen molar-refractivity contribution >= 4 is 0 Å². The first-order valence-corrected chi connectivity index (χ1v) is 6.80. The van der Waals surface area contributed by atoms with Crippen LogP contribution in [0.5, 0.6) is 0 Å². The number of ether oxygens (including phenoxy) is 1. The summed E-state index contributed by atoms with van der Waals surface area (Å²) in [7, 11) is 0. The molecule has 1 N–H and O–H groups in total. The van der Waals surface area contributed by atoms with E-state index in [2.05, 4.69) is 64.2 Å². The highest BCUT2D eigenvalue weighted by Crippen LogP contribution is 2.22. The minimum atomic E-state index is 0.223. The van der Waals surface area contributed by atoms with Crippen molar-refractivity contribution in [3.63, 3.8) is 0 Å². The second kappa shape index (κ2) is 6.91. The summed E-state index contributed by atoms with van der Waals surface area (Å²) < 4.78 is 5.63. The second-order valence-corrected chi connectivity index (χ2v) is 6.11. The fourth-order valence-corrected chi connectivity index (χ4v) is 1.71. The highest BCUT2D eigenvalue weighted by atomic mass is 16.5. The highest BCUT2D eigenvalue weighted by Gasteiger charge is 2.12. The lowest BCUT2D eigenvalue weighted by molar-refractivity contribution is 0.121. The smallest absolute Gasteiger partial charge is 0.0717 e. The topological polar surface area (TPSA) is 21.3 Å². The van der Waals surface area contributed by atoms with Crippen LogP contribution in [-0.4, -0.2) is 19.2 Å². The monoisotopic (exact) mass is 249 g/mol. The van der Waals surface area contributed by atoms with Gasteiger partial charge in [0.15, 0.2) is 0 Å². The summed E-state index contributed by atoms with van der Waals surface area (Å²) in [5.41, 5.74) is 2.83. The Labute approximate surface area is 112 Å². The van der Waals surface area contributed by atoms with Gasteiger partial charge in [0.2, 0.25) is 0 Å². The van der Waals surface area contributed by atoms with Gasteiger partial charge in [0.05, 0.1) is 13.2 Å². The molecule has 0 radical (unpaired) electrons. The number of hydrogen-bond donors (Lipinski definition) is 1. The van der Waals surface area contributed by atoms with E-state index in [0.717, 1.165) is 13.2 Å². The summed E-state index contributed by atoms with van der Waals surface area (Å²) in [4.78, 5) is 0. The van der Waals surface area contributed by atoms with Crippen LogP contribution in [0, 0.1) is 0 Å². The van der Waals surface area contributed by atoms with Crippen LogP contribution in [0.4, 0.5) is 0 Å². The quantitative estimate of drug-likeness (QED) is 0.779. The van der Waals surface area contributed by atoms with Crippen molar-refractivity contribution in [3.05, 3.63) is 35.4 Å². The number of nitrogens with one attached hydrogen (secondary N) is 1. The van der Waals surface area contributed by atoms with Crippen molar-refractivity contribution in [1.29, 1.82) is 0 Å². The molecule has 2 nitrogen and oxygen atoms in total. The summed E-state index contributed by atoms with van der Waals surface area (Å²) >= 11 is 0. The molecule has 0 fully saturated rings. The minimum absolute atomic E-state index is 0.223. The van der Waals surface area contributed by atoms with E-state index >= 15 is 0 Å². The Bertz CT molecular complexity index is 335. The van der Waals surface area contributed by atoms with Crippen molar-refractivity contribution in [2.45, 2.75) is 52.7 Å². The van der Waals surface area contributed by atoms with E-state index < -0.39 is 0 Å². The molecular formula is C16H27NO. The lowest BCUT2D eigenvalue weighted by Crippen LogP contribution is -2.26. The second-order valence-electron chi connectivity index (χ2n) is 6.11. The molecule has 1 aromatic carbocycles. The molecule has 0 aliphatic carbocycles. The van der Waals surface area contributed by atoms with Crippen LogP contribution >= 0.6 is 0 Å². The molecular weight excluding hydrogens is 222 g/mol. The molecule has 0 spiro atoms. The Hall–Kier alpha value is -0.860. The van der Waals surface area contributed by atoms with Gasteiger partial charge in [0, 0.05) is 12.6 Å². The van der Waals surface area contributed by atoms with E-state index in [9.17, 15) is 0 Å². The Morgan fingerprint density at radius 2 is 1.72 bits per heavy atom. The van der Waals surface area contributed by atoms with Crippen LogP contribution in [-0.2, 0) is 16.8 Å². The maximum absolute atomic E-state index is 5.63. The van der Waals surface area contributed by atoms with E-state index in [1.165, 1.54) is 11.1 Å². The van der Waals surface area contributed by atoms with E-state index in [0.29, 0.717) is 12.6 Å². The van der Waals surface area contributed by atoms with Crippen molar-refractivity contribution in [1.82, 2.24) is 5.32 Å². The third kappa shape index (κ3) is 5.65. The molecule has 1 rings (SSSR count). The lowest BCUT2D eigenvalue weighted by Gasteiger charge is -2.19. The van der Waals surface area contributed by atoms with E-state index in [-0.39, 0.29) is 5.41 Å². The molecule has 0 bridgehead atoms. The molecule has 0 saturated heterocycles. The van der Waals surface area contributed by atoms with Crippen LogP contribution in [0.15, 0.2) is 24.3 Å². The summed E-state index contributed by atoms with van der Waals surface area (Å²) in [6.45, 7) is 13.4. The minimum Gasteiger partial charge on any atom is -0.375 e. The average Bonchev–Trinajstić information content (AvgIpc) is 2.27. The maximum Gasteiger partial charge on any atom is 0.0717 e. The van der Waals surface area contributed by atoms with Gasteiger partial charge in [-0.2, -0.15) is 0 Å². The van der Waals surface area contributed by atoms with Crippen molar-refractivity contribution in [3.8, 4) is 0 Å². The van der Waals surface area contributed by atoms with E-state index in [1.54, 1.807) is 0 Å². The molecule has 1 aromatic rings. The Morgan fingerprint density at radius 3 is 2.22 bits per heavy atom. The van der Waals surface area contributed by atoms with E-state index in [1.807, 2.05) is 0 Å². The zero-order valence-corrected chi connectivity index (χ0v) is 12.4. The standard InChI is InChI=1S/C16H27NO/c1-13(2)17-10-11-18-12-14-6-8-15(9-7-14)16(3,4)5/h6-9,13,17H,10-12H2,1-5H3. The van der Waals surface area contributed by atoms with Gasteiger partial charge in [-0.05, 0) is 16.5 Å². The predicted molar refractivity (Wildman–Crippen MR) is 77.9 cm³/mol. The van der Waals surface area contributed by atoms with Crippen molar-refractivity contribution in [2.24, 2.45) is 0 Å². The maximum atomic E-state index is 5.63. The third-order valence-electron chi connectivity index (χ3n) is 2.89. The molecule has 0 atom stereocenters. The van der Waals surface area contributed by atoms with Gasteiger partial charge < -0.3 is 10.1 Å².